The molecule has 0 spiro atoms. The Morgan fingerprint density at radius 1 is 1.08 bits per heavy atom. The lowest BCUT2D eigenvalue weighted by Gasteiger charge is -2.27. The zero-order valence-corrected chi connectivity index (χ0v) is 21.3. The van der Waals surface area contributed by atoms with E-state index in [1.165, 1.54) is 19.4 Å². The summed E-state index contributed by atoms with van der Waals surface area (Å²) in [5.74, 6) is -4.02. The van der Waals surface area contributed by atoms with Crippen molar-refractivity contribution in [1.82, 2.24) is 25.9 Å². The van der Waals surface area contributed by atoms with Gasteiger partial charge in [-0.2, -0.15) is 0 Å². The fraction of sp³-hybridized carbons (Fsp3) is 0.636. The highest BCUT2D eigenvalue weighted by molar-refractivity contribution is 5.94. The Labute approximate surface area is 215 Å². The number of aliphatic hydroxyl groups excluding tert-OH is 1. The number of rotatable bonds is 16. The van der Waals surface area contributed by atoms with Crippen LogP contribution < -0.4 is 33.2 Å². The van der Waals surface area contributed by atoms with E-state index in [2.05, 4.69) is 30.9 Å². The topological polar surface area (TPSA) is 264 Å². The number of nitrogens with two attached hydrogens (primary N) is 3. The average molecular weight is 526 g/mol. The summed E-state index contributed by atoms with van der Waals surface area (Å²) in [6.45, 7) is 4.92. The van der Waals surface area contributed by atoms with E-state index in [9.17, 15) is 29.4 Å². The van der Waals surface area contributed by atoms with Crippen molar-refractivity contribution in [2.45, 2.75) is 76.7 Å². The maximum absolute atomic E-state index is 13.0. The summed E-state index contributed by atoms with van der Waals surface area (Å²) in [7, 11) is 0. The molecule has 6 unspecified atom stereocenters. The molecule has 3 amide bonds. The highest BCUT2D eigenvalue weighted by atomic mass is 16.4. The number of carbonyl (C=O) groups excluding carboxylic acids is 3. The first-order valence-electron chi connectivity index (χ1n) is 12.0. The maximum Gasteiger partial charge on any atom is 0.326 e. The molecule has 0 fully saturated rings. The standard InChI is InChI=1S/C22H39N9O6/c1-4-11(2)16(21(36)37)30-19(34)15(6-5-7-27-22(24)25)29-20(35)17(12(3)32)31-18(33)14(23)8-13-9-26-10-28-13/h9-12,14-17,32H,4-8,23H2,1-3H3,(H,26,28)(H,29,35)(H,30,34)(H,31,33)(H,36,37)(H4,24,25,27). The van der Waals surface area contributed by atoms with E-state index in [1.54, 1.807) is 13.8 Å². The highest BCUT2D eigenvalue weighted by Gasteiger charge is 2.33. The second kappa shape index (κ2) is 15.4. The van der Waals surface area contributed by atoms with Crippen LogP contribution in [0.5, 0.6) is 0 Å². The van der Waals surface area contributed by atoms with Crippen LogP contribution in [0, 0.1) is 5.92 Å². The minimum Gasteiger partial charge on any atom is -0.480 e. The van der Waals surface area contributed by atoms with E-state index in [1.807, 2.05) is 0 Å². The van der Waals surface area contributed by atoms with Crippen molar-refractivity contribution in [3.05, 3.63) is 18.2 Å². The van der Waals surface area contributed by atoms with Gasteiger partial charge in [0.15, 0.2) is 5.96 Å². The molecule has 15 nitrogen and oxygen atoms in total. The van der Waals surface area contributed by atoms with Crippen molar-refractivity contribution in [3.8, 4) is 0 Å². The number of carbonyl (C=O) groups is 4. The molecule has 0 radical (unpaired) electrons. The van der Waals surface area contributed by atoms with Gasteiger partial charge in [0.1, 0.15) is 18.1 Å². The van der Waals surface area contributed by atoms with Crippen molar-refractivity contribution in [2.24, 2.45) is 28.1 Å². The molecule has 12 N–H and O–H groups in total. The van der Waals surface area contributed by atoms with Crippen LogP contribution in [0.25, 0.3) is 0 Å². The van der Waals surface area contributed by atoms with E-state index in [0.29, 0.717) is 12.1 Å². The summed E-state index contributed by atoms with van der Waals surface area (Å²) in [6.07, 6.45) is 2.54. The third-order valence-corrected chi connectivity index (χ3v) is 5.75. The molecule has 37 heavy (non-hydrogen) atoms. The van der Waals surface area contributed by atoms with E-state index in [4.69, 9.17) is 17.2 Å². The molecule has 15 heteroatoms. The fourth-order valence-electron chi connectivity index (χ4n) is 3.36. The Kier molecular flexibility index (Phi) is 13.0. The number of nitrogens with zero attached hydrogens (tertiary/aromatic N) is 2. The monoisotopic (exact) mass is 525 g/mol. The largest absolute Gasteiger partial charge is 0.480 e. The zero-order valence-electron chi connectivity index (χ0n) is 21.3. The second-order valence-corrected chi connectivity index (χ2v) is 8.83. The Hall–Kier alpha value is -3.72. The summed E-state index contributed by atoms with van der Waals surface area (Å²) in [6, 6.07) is -4.84. The number of amides is 3. The number of H-pyrrole nitrogens is 1. The van der Waals surface area contributed by atoms with E-state index in [0.717, 1.165) is 0 Å². The molecule has 0 aliphatic heterocycles. The lowest BCUT2D eigenvalue weighted by Crippen LogP contribution is -2.60. The number of aliphatic imine (C=N–C) groups is 1. The Bertz CT molecular complexity index is 918. The van der Waals surface area contributed by atoms with Gasteiger partial charge >= 0.3 is 5.97 Å². The van der Waals surface area contributed by atoms with Gasteiger partial charge in [0, 0.05) is 24.9 Å². The molecule has 1 rings (SSSR count). The molecule has 0 saturated heterocycles. The van der Waals surface area contributed by atoms with Crippen molar-refractivity contribution < 1.29 is 29.4 Å². The highest BCUT2D eigenvalue weighted by Crippen LogP contribution is 2.10. The first-order chi connectivity index (χ1) is 17.4. The molecular formula is C22H39N9O6. The Morgan fingerprint density at radius 3 is 2.24 bits per heavy atom. The predicted octanol–water partition coefficient (Wildman–Crippen LogP) is -2.70. The van der Waals surface area contributed by atoms with Crippen LogP contribution in [0.3, 0.4) is 0 Å². The third-order valence-electron chi connectivity index (χ3n) is 5.75. The molecule has 0 aliphatic carbocycles. The molecular weight excluding hydrogens is 486 g/mol. The normalized spacial score (nSPS) is 15.8. The van der Waals surface area contributed by atoms with Gasteiger partial charge in [-0.15, -0.1) is 0 Å². The molecule has 0 aromatic carbocycles. The SMILES string of the molecule is CCC(C)C(NC(=O)C(CCCN=C(N)N)NC(=O)C(NC(=O)C(N)Cc1cnc[nH]1)C(C)O)C(=O)O. The molecule has 1 aromatic rings. The summed E-state index contributed by atoms with van der Waals surface area (Å²) in [4.78, 5) is 60.7. The van der Waals surface area contributed by atoms with Gasteiger partial charge in [0.25, 0.3) is 0 Å². The minimum absolute atomic E-state index is 0.0566. The summed E-state index contributed by atoms with van der Waals surface area (Å²) in [5, 5.41) is 27.0. The number of aliphatic hydroxyl groups is 1. The number of carboxylic acids is 1. The van der Waals surface area contributed by atoms with Gasteiger partial charge in [-0.05, 0) is 25.7 Å². The minimum atomic E-state index is -1.43. The second-order valence-electron chi connectivity index (χ2n) is 8.83. The number of hydrogen-bond donors (Lipinski definition) is 9. The Balaban J connectivity index is 2.98. The van der Waals surface area contributed by atoms with Crippen LogP contribution in [-0.2, 0) is 25.6 Å². The van der Waals surface area contributed by atoms with E-state index < -0.39 is 54.0 Å². The van der Waals surface area contributed by atoms with Gasteiger partial charge in [0.2, 0.25) is 17.7 Å². The van der Waals surface area contributed by atoms with Crippen LogP contribution >= 0.6 is 0 Å². The van der Waals surface area contributed by atoms with Gasteiger partial charge < -0.3 is 48.3 Å². The maximum atomic E-state index is 13.0. The Morgan fingerprint density at radius 2 is 1.73 bits per heavy atom. The molecule has 0 saturated carbocycles. The average Bonchev–Trinajstić information content (AvgIpc) is 3.34. The lowest BCUT2D eigenvalue weighted by molar-refractivity contribution is -0.144. The van der Waals surface area contributed by atoms with Crippen LogP contribution in [0.1, 0.15) is 45.7 Å². The third kappa shape index (κ3) is 10.8. The number of aliphatic carboxylic acids is 1. The fourth-order valence-corrected chi connectivity index (χ4v) is 3.36. The predicted molar refractivity (Wildman–Crippen MR) is 135 cm³/mol. The van der Waals surface area contributed by atoms with Gasteiger partial charge in [-0.25, -0.2) is 9.78 Å². The number of aromatic nitrogens is 2. The number of imidazole rings is 1. The molecule has 1 heterocycles. The van der Waals surface area contributed by atoms with Crippen LogP contribution in [0.15, 0.2) is 17.5 Å². The summed E-state index contributed by atoms with van der Waals surface area (Å²) >= 11 is 0. The summed E-state index contributed by atoms with van der Waals surface area (Å²) in [5.41, 5.74) is 17.1. The molecule has 1 aromatic heterocycles. The van der Waals surface area contributed by atoms with Gasteiger partial charge in [-0.3, -0.25) is 19.4 Å². The van der Waals surface area contributed by atoms with Crippen LogP contribution in [0.4, 0.5) is 0 Å². The number of aromatic amines is 1. The number of guanidine groups is 1. The first kappa shape index (κ1) is 31.3. The van der Waals surface area contributed by atoms with Gasteiger partial charge in [-0.1, -0.05) is 20.3 Å². The molecule has 6 atom stereocenters. The lowest BCUT2D eigenvalue weighted by atomic mass is 9.98. The molecule has 208 valence electrons. The summed E-state index contributed by atoms with van der Waals surface area (Å²) < 4.78 is 0. The van der Waals surface area contributed by atoms with Crippen molar-refractivity contribution in [1.29, 1.82) is 0 Å². The van der Waals surface area contributed by atoms with Crippen molar-refractivity contribution in [3.63, 3.8) is 0 Å². The van der Waals surface area contributed by atoms with Crippen LogP contribution in [-0.4, -0.2) is 86.6 Å². The number of hydrogen-bond acceptors (Lipinski definition) is 8. The van der Waals surface area contributed by atoms with Crippen LogP contribution in [0.2, 0.25) is 0 Å². The smallest absolute Gasteiger partial charge is 0.326 e. The number of carboxylic acid groups (broad SMARTS) is 1. The molecule has 0 aliphatic rings. The van der Waals surface area contributed by atoms with E-state index in [-0.39, 0.29) is 37.7 Å². The van der Waals surface area contributed by atoms with Gasteiger partial charge in [0.05, 0.1) is 18.5 Å². The van der Waals surface area contributed by atoms with Crippen molar-refractivity contribution >= 4 is 29.7 Å². The number of nitrogens with one attached hydrogen (secondary N) is 4. The van der Waals surface area contributed by atoms with Crippen molar-refractivity contribution in [2.75, 3.05) is 6.54 Å². The zero-order chi connectivity index (χ0) is 28.1. The first-order valence-corrected chi connectivity index (χ1v) is 12.0. The molecule has 0 bridgehead atoms. The van der Waals surface area contributed by atoms with E-state index >= 15 is 0 Å². The quantitative estimate of drug-likeness (QED) is 0.0612.